The molecular weight excluding hydrogens is 216 g/mol. The zero-order valence-corrected chi connectivity index (χ0v) is 9.72. The van der Waals surface area contributed by atoms with Crippen molar-refractivity contribution in [1.82, 2.24) is 9.97 Å². The molecule has 3 rings (SSSR count). The molecule has 0 radical (unpaired) electrons. The summed E-state index contributed by atoms with van der Waals surface area (Å²) < 4.78 is 10.6. The maximum atomic E-state index is 5.47. The molecule has 0 spiro atoms. The van der Waals surface area contributed by atoms with E-state index in [1.807, 2.05) is 6.07 Å². The molecule has 1 aliphatic carbocycles. The first-order valence-electron chi connectivity index (χ1n) is 5.78. The van der Waals surface area contributed by atoms with Crippen LogP contribution in [0.1, 0.15) is 18.5 Å². The van der Waals surface area contributed by atoms with Crippen molar-refractivity contribution < 1.29 is 9.15 Å². The normalized spacial score (nSPS) is 14.9. The molecule has 88 valence electrons. The molecular formula is C13H14N2O2. The highest BCUT2D eigenvalue weighted by molar-refractivity contribution is 5.60. The second kappa shape index (κ2) is 4.20. The first-order chi connectivity index (χ1) is 8.36. The number of methoxy groups -OCH3 is 1. The largest absolute Gasteiger partial charge is 0.495 e. The van der Waals surface area contributed by atoms with Gasteiger partial charge in [0.15, 0.2) is 12.2 Å². The third-order valence-electron chi connectivity index (χ3n) is 3.03. The fourth-order valence-electron chi connectivity index (χ4n) is 1.90. The van der Waals surface area contributed by atoms with Crippen LogP contribution in [0.4, 0.5) is 0 Å². The van der Waals surface area contributed by atoms with Crippen LogP contribution in [-0.4, -0.2) is 17.1 Å². The van der Waals surface area contributed by atoms with Gasteiger partial charge in [-0.15, -0.1) is 0 Å². The van der Waals surface area contributed by atoms with Gasteiger partial charge in [-0.25, -0.2) is 4.98 Å². The van der Waals surface area contributed by atoms with Crippen LogP contribution in [0.2, 0.25) is 0 Å². The predicted octanol–water partition coefficient (Wildman–Crippen LogP) is 2.70. The van der Waals surface area contributed by atoms with Crippen molar-refractivity contribution in [2.75, 3.05) is 7.11 Å². The number of oxazole rings is 1. The van der Waals surface area contributed by atoms with E-state index in [4.69, 9.17) is 9.15 Å². The molecule has 0 unspecified atom stereocenters. The van der Waals surface area contributed by atoms with E-state index < -0.39 is 0 Å². The topological polar surface area (TPSA) is 48.2 Å². The van der Waals surface area contributed by atoms with E-state index in [1.54, 1.807) is 19.5 Å². The molecule has 4 nitrogen and oxygen atoms in total. The van der Waals surface area contributed by atoms with Gasteiger partial charge < -0.3 is 9.15 Å². The van der Waals surface area contributed by atoms with Crippen molar-refractivity contribution in [3.63, 3.8) is 0 Å². The van der Waals surface area contributed by atoms with Crippen molar-refractivity contribution >= 4 is 0 Å². The van der Waals surface area contributed by atoms with Crippen LogP contribution in [0.15, 0.2) is 29.3 Å². The Bertz CT molecular complexity index is 518. The van der Waals surface area contributed by atoms with Crippen LogP contribution in [0.3, 0.4) is 0 Å². The van der Waals surface area contributed by atoms with Gasteiger partial charge in [-0.05, 0) is 31.2 Å². The molecule has 2 aromatic heterocycles. The van der Waals surface area contributed by atoms with Crippen molar-refractivity contribution in [2.24, 2.45) is 5.92 Å². The van der Waals surface area contributed by atoms with Crippen LogP contribution in [0, 0.1) is 5.92 Å². The Labute approximate surface area is 99.7 Å². The molecule has 1 fully saturated rings. The Kier molecular flexibility index (Phi) is 2.55. The first kappa shape index (κ1) is 10.3. The van der Waals surface area contributed by atoms with Crippen LogP contribution >= 0.6 is 0 Å². The molecule has 0 aromatic carbocycles. The number of nitrogens with zero attached hydrogens (tertiary/aromatic N) is 2. The van der Waals surface area contributed by atoms with Crippen molar-refractivity contribution in [3.8, 4) is 17.1 Å². The van der Waals surface area contributed by atoms with Crippen LogP contribution in [0.25, 0.3) is 11.3 Å². The standard InChI is InChI=1S/C13H14N2O2/c1-16-11-5-10(6-14-7-11)13-12(15-8-17-13)4-9-2-3-9/h5-9H,2-4H2,1H3. The van der Waals surface area contributed by atoms with E-state index in [9.17, 15) is 0 Å². The molecule has 0 atom stereocenters. The Morgan fingerprint density at radius 2 is 2.29 bits per heavy atom. The highest BCUT2D eigenvalue weighted by Gasteiger charge is 2.25. The van der Waals surface area contributed by atoms with E-state index in [2.05, 4.69) is 9.97 Å². The average Bonchev–Trinajstić information content (AvgIpc) is 3.06. The van der Waals surface area contributed by atoms with E-state index in [0.717, 1.165) is 35.1 Å². The molecule has 0 amide bonds. The van der Waals surface area contributed by atoms with Gasteiger partial charge in [0, 0.05) is 11.8 Å². The maximum absolute atomic E-state index is 5.47. The van der Waals surface area contributed by atoms with Gasteiger partial charge in [0.25, 0.3) is 0 Å². The van der Waals surface area contributed by atoms with Crippen molar-refractivity contribution in [2.45, 2.75) is 19.3 Å². The lowest BCUT2D eigenvalue weighted by Crippen LogP contribution is -1.91. The Balaban J connectivity index is 1.93. The van der Waals surface area contributed by atoms with Gasteiger partial charge in [0.05, 0.1) is 19.0 Å². The monoisotopic (exact) mass is 230 g/mol. The van der Waals surface area contributed by atoms with Gasteiger partial charge >= 0.3 is 0 Å². The van der Waals surface area contributed by atoms with E-state index in [-0.39, 0.29) is 0 Å². The van der Waals surface area contributed by atoms with E-state index in [0.29, 0.717) is 0 Å². The number of aromatic nitrogens is 2. The molecule has 17 heavy (non-hydrogen) atoms. The minimum atomic E-state index is 0.733. The van der Waals surface area contributed by atoms with Gasteiger partial charge in [-0.3, -0.25) is 4.98 Å². The second-order valence-corrected chi connectivity index (χ2v) is 4.39. The molecule has 2 aromatic rings. The second-order valence-electron chi connectivity index (χ2n) is 4.39. The Morgan fingerprint density at radius 1 is 1.41 bits per heavy atom. The summed E-state index contributed by atoms with van der Waals surface area (Å²) in [6.07, 6.45) is 8.58. The zero-order valence-electron chi connectivity index (χ0n) is 9.72. The summed E-state index contributed by atoms with van der Waals surface area (Å²) in [6.45, 7) is 0. The summed E-state index contributed by atoms with van der Waals surface area (Å²) in [5, 5.41) is 0. The minimum Gasteiger partial charge on any atom is -0.495 e. The van der Waals surface area contributed by atoms with Gasteiger partial charge in [0.2, 0.25) is 0 Å². The minimum absolute atomic E-state index is 0.733. The van der Waals surface area contributed by atoms with E-state index in [1.165, 1.54) is 19.2 Å². The number of pyridine rings is 1. The SMILES string of the molecule is COc1cncc(-c2ocnc2CC2CC2)c1. The predicted molar refractivity (Wildman–Crippen MR) is 62.7 cm³/mol. The highest BCUT2D eigenvalue weighted by atomic mass is 16.5. The third-order valence-corrected chi connectivity index (χ3v) is 3.03. The smallest absolute Gasteiger partial charge is 0.181 e. The molecule has 4 heteroatoms. The van der Waals surface area contributed by atoms with Gasteiger partial charge in [-0.2, -0.15) is 0 Å². The zero-order chi connectivity index (χ0) is 11.7. The van der Waals surface area contributed by atoms with Crippen molar-refractivity contribution in [1.29, 1.82) is 0 Å². The molecule has 0 saturated heterocycles. The van der Waals surface area contributed by atoms with Gasteiger partial charge in [0.1, 0.15) is 5.75 Å². The summed E-state index contributed by atoms with van der Waals surface area (Å²) in [6, 6.07) is 1.92. The van der Waals surface area contributed by atoms with Crippen LogP contribution in [-0.2, 0) is 6.42 Å². The summed E-state index contributed by atoms with van der Waals surface area (Å²) in [5.74, 6) is 2.34. The first-order valence-corrected chi connectivity index (χ1v) is 5.78. The fraction of sp³-hybridized carbons (Fsp3) is 0.385. The summed E-state index contributed by atoms with van der Waals surface area (Å²) in [4.78, 5) is 8.43. The number of hydrogen-bond donors (Lipinski definition) is 0. The summed E-state index contributed by atoms with van der Waals surface area (Å²) >= 11 is 0. The number of ether oxygens (including phenoxy) is 1. The number of rotatable bonds is 4. The van der Waals surface area contributed by atoms with E-state index >= 15 is 0 Å². The summed E-state index contributed by atoms with van der Waals surface area (Å²) in [5.41, 5.74) is 1.96. The summed E-state index contributed by atoms with van der Waals surface area (Å²) in [7, 11) is 1.63. The van der Waals surface area contributed by atoms with Crippen molar-refractivity contribution in [3.05, 3.63) is 30.5 Å². The average molecular weight is 230 g/mol. The molecule has 1 saturated carbocycles. The maximum Gasteiger partial charge on any atom is 0.181 e. The molecule has 1 aliphatic rings. The highest BCUT2D eigenvalue weighted by Crippen LogP contribution is 2.35. The van der Waals surface area contributed by atoms with Crippen LogP contribution in [0.5, 0.6) is 5.75 Å². The third kappa shape index (κ3) is 2.16. The van der Waals surface area contributed by atoms with Crippen LogP contribution < -0.4 is 4.74 Å². The molecule has 0 aliphatic heterocycles. The fourth-order valence-corrected chi connectivity index (χ4v) is 1.90. The molecule has 0 N–H and O–H groups in total. The molecule has 0 bridgehead atoms. The Morgan fingerprint density at radius 3 is 3.06 bits per heavy atom. The lowest BCUT2D eigenvalue weighted by atomic mass is 10.1. The quantitative estimate of drug-likeness (QED) is 0.810. The number of hydrogen-bond acceptors (Lipinski definition) is 4. The lowest BCUT2D eigenvalue weighted by Gasteiger charge is -2.02. The van der Waals surface area contributed by atoms with Gasteiger partial charge in [-0.1, -0.05) is 0 Å². The Hall–Kier alpha value is -1.84. The molecule has 2 heterocycles. The lowest BCUT2D eigenvalue weighted by molar-refractivity contribution is 0.413.